The smallest absolute Gasteiger partial charge is 0.249 e. The molecule has 1 aliphatic rings. The highest BCUT2D eigenvalue weighted by atomic mass is 32.1. The predicted molar refractivity (Wildman–Crippen MR) is 132 cm³/mol. The lowest BCUT2D eigenvalue weighted by molar-refractivity contribution is -0.111. The molecule has 1 aliphatic carbocycles. The quantitative estimate of drug-likeness (QED) is 0.442. The van der Waals surface area contributed by atoms with Crippen molar-refractivity contribution in [2.24, 2.45) is 5.92 Å². The predicted octanol–water partition coefficient (Wildman–Crippen LogP) is 5.98. The molecule has 33 heavy (non-hydrogen) atoms. The highest BCUT2D eigenvalue weighted by molar-refractivity contribution is 7.16. The zero-order chi connectivity index (χ0) is 23.2. The Hall–Kier alpha value is -3.56. The highest BCUT2D eigenvalue weighted by Gasteiger charge is 2.24. The number of ether oxygens (including phenoxy) is 2. The van der Waals surface area contributed by atoms with Gasteiger partial charge in [0.15, 0.2) is 11.5 Å². The Bertz CT molecular complexity index is 1210. The summed E-state index contributed by atoms with van der Waals surface area (Å²) >= 11 is 1.53. The van der Waals surface area contributed by atoms with Crippen LogP contribution in [0.5, 0.6) is 11.5 Å². The fourth-order valence-corrected chi connectivity index (χ4v) is 5.29. The first-order valence-electron chi connectivity index (χ1n) is 11.0. The third-order valence-electron chi connectivity index (χ3n) is 5.71. The standard InChI is InChI=1S/C27H26N2O3S/c1-18-8-11-21-22(16-28)27(33-25(21)14-18)29-26(30)13-10-19-9-12-23(24(15-19)31-2)32-17-20-6-4-3-5-7-20/h3-7,9-10,12-13,15,18H,8,11,14,17H2,1-2H3,(H,29,30)/b13-10+/t18-/m0/s1. The molecule has 1 atom stereocenters. The van der Waals surface area contributed by atoms with Gasteiger partial charge >= 0.3 is 0 Å². The van der Waals surface area contributed by atoms with Gasteiger partial charge in [0.1, 0.15) is 17.7 Å². The fraction of sp³-hybridized carbons (Fsp3) is 0.259. The Morgan fingerprint density at radius 1 is 1.24 bits per heavy atom. The minimum atomic E-state index is -0.262. The molecular weight excluding hydrogens is 432 g/mol. The third kappa shape index (κ3) is 5.44. The summed E-state index contributed by atoms with van der Waals surface area (Å²) in [5, 5.41) is 13.2. The van der Waals surface area contributed by atoms with E-state index in [0.717, 1.165) is 36.0 Å². The van der Waals surface area contributed by atoms with Crippen LogP contribution in [-0.2, 0) is 24.2 Å². The third-order valence-corrected chi connectivity index (χ3v) is 6.88. The summed E-state index contributed by atoms with van der Waals surface area (Å²) in [6.07, 6.45) is 6.15. The molecule has 1 amide bonds. The molecule has 0 spiro atoms. The zero-order valence-electron chi connectivity index (χ0n) is 18.8. The van der Waals surface area contributed by atoms with Crippen LogP contribution in [0.25, 0.3) is 6.08 Å². The van der Waals surface area contributed by atoms with Crippen molar-refractivity contribution in [3.05, 3.63) is 81.7 Å². The van der Waals surface area contributed by atoms with Crippen LogP contribution in [-0.4, -0.2) is 13.0 Å². The molecule has 0 saturated heterocycles. The molecule has 0 fully saturated rings. The number of methoxy groups -OCH3 is 1. The van der Waals surface area contributed by atoms with Gasteiger partial charge < -0.3 is 14.8 Å². The van der Waals surface area contributed by atoms with Crippen molar-refractivity contribution >= 4 is 28.3 Å². The van der Waals surface area contributed by atoms with Crippen LogP contribution < -0.4 is 14.8 Å². The van der Waals surface area contributed by atoms with Gasteiger partial charge in [-0.05, 0) is 60.1 Å². The number of amides is 1. The number of thiophene rings is 1. The molecule has 0 radical (unpaired) electrons. The number of nitrogens with one attached hydrogen (secondary N) is 1. The van der Waals surface area contributed by atoms with Crippen LogP contribution in [0.15, 0.2) is 54.6 Å². The lowest BCUT2D eigenvalue weighted by atomic mass is 9.89. The minimum Gasteiger partial charge on any atom is -0.493 e. The van der Waals surface area contributed by atoms with Crippen molar-refractivity contribution in [1.29, 1.82) is 5.26 Å². The number of carbonyl (C=O) groups excluding carboxylic acids is 1. The SMILES string of the molecule is COc1cc(/C=C/C(=O)Nc2sc3c(c2C#N)CC[C@H](C)C3)ccc1OCc1ccccc1. The van der Waals surface area contributed by atoms with Crippen LogP contribution in [0.2, 0.25) is 0 Å². The number of hydrogen-bond donors (Lipinski definition) is 1. The van der Waals surface area contributed by atoms with E-state index in [1.165, 1.54) is 22.3 Å². The summed E-state index contributed by atoms with van der Waals surface area (Å²) in [6.45, 7) is 2.67. The largest absolute Gasteiger partial charge is 0.493 e. The fourth-order valence-electron chi connectivity index (χ4n) is 3.93. The van der Waals surface area contributed by atoms with Gasteiger partial charge in [-0.25, -0.2) is 0 Å². The highest BCUT2D eigenvalue weighted by Crippen LogP contribution is 2.39. The van der Waals surface area contributed by atoms with E-state index in [1.807, 2.05) is 48.5 Å². The maximum Gasteiger partial charge on any atom is 0.249 e. The van der Waals surface area contributed by atoms with E-state index in [4.69, 9.17) is 9.47 Å². The van der Waals surface area contributed by atoms with E-state index < -0.39 is 0 Å². The summed E-state index contributed by atoms with van der Waals surface area (Å²) in [5.74, 6) is 1.59. The average Bonchev–Trinajstić information content (AvgIpc) is 3.17. The van der Waals surface area contributed by atoms with Gasteiger partial charge in [0.2, 0.25) is 5.91 Å². The molecule has 4 rings (SSSR count). The van der Waals surface area contributed by atoms with Gasteiger partial charge in [-0.15, -0.1) is 11.3 Å². The normalized spacial score (nSPS) is 15.0. The lowest BCUT2D eigenvalue weighted by Gasteiger charge is -2.17. The molecular formula is C27H26N2O3S. The number of fused-ring (bicyclic) bond motifs is 1. The van der Waals surface area contributed by atoms with Crippen molar-refractivity contribution in [2.45, 2.75) is 32.8 Å². The van der Waals surface area contributed by atoms with Gasteiger partial charge in [0, 0.05) is 11.0 Å². The van der Waals surface area contributed by atoms with E-state index in [0.29, 0.717) is 34.6 Å². The molecule has 0 aliphatic heterocycles. The first kappa shape index (κ1) is 22.6. The summed E-state index contributed by atoms with van der Waals surface area (Å²) in [6, 6.07) is 17.7. The van der Waals surface area contributed by atoms with Crippen LogP contribution in [0, 0.1) is 17.2 Å². The van der Waals surface area contributed by atoms with Gasteiger partial charge in [0.05, 0.1) is 12.7 Å². The van der Waals surface area contributed by atoms with Crippen molar-refractivity contribution in [1.82, 2.24) is 0 Å². The molecule has 0 saturated carbocycles. The summed E-state index contributed by atoms with van der Waals surface area (Å²) in [7, 11) is 1.59. The van der Waals surface area contributed by atoms with Gasteiger partial charge in [0.25, 0.3) is 0 Å². The molecule has 0 unspecified atom stereocenters. The summed E-state index contributed by atoms with van der Waals surface area (Å²) in [5.41, 5.74) is 3.61. The Kier molecular flexibility index (Phi) is 7.11. The topological polar surface area (TPSA) is 71.3 Å². The summed E-state index contributed by atoms with van der Waals surface area (Å²) < 4.78 is 11.4. The Labute approximate surface area is 198 Å². The summed E-state index contributed by atoms with van der Waals surface area (Å²) in [4.78, 5) is 13.8. The molecule has 6 heteroatoms. The number of benzene rings is 2. The average molecular weight is 459 g/mol. The number of nitriles is 1. The molecule has 168 valence electrons. The molecule has 2 aromatic carbocycles. The second kappa shape index (κ2) is 10.4. The minimum absolute atomic E-state index is 0.262. The molecule has 1 heterocycles. The van der Waals surface area contributed by atoms with E-state index in [2.05, 4.69) is 18.3 Å². The first-order valence-corrected chi connectivity index (χ1v) is 11.8. The van der Waals surface area contributed by atoms with Crippen molar-refractivity contribution in [2.75, 3.05) is 12.4 Å². The van der Waals surface area contributed by atoms with Gasteiger partial charge in [-0.2, -0.15) is 5.26 Å². The van der Waals surface area contributed by atoms with Crippen LogP contribution in [0.4, 0.5) is 5.00 Å². The zero-order valence-corrected chi connectivity index (χ0v) is 19.6. The van der Waals surface area contributed by atoms with Gasteiger partial charge in [-0.1, -0.05) is 43.3 Å². The van der Waals surface area contributed by atoms with E-state index in [1.54, 1.807) is 13.2 Å². The van der Waals surface area contributed by atoms with E-state index in [-0.39, 0.29) is 5.91 Å². The number of rotatable bonds is 7. The van der Waals surface area contributed by atoms with Crippen LogP contribution >= 0.6 is 11.3 Å². The Morgan fingerprint density at radius 3 is 2.82 bits per heavy atom. The second-order valence-corrected chi connectivity index (χ2v) is 9.28. The first-order chi connectivity index (χ1) is 16.1. The lowest BCUT2D eigenvalue weighted by Crippen LogP contribution is -2.10. The molecule has 0 bridgehead atoms. The van der Waals surface area contributed by atoms with Crippen molar-refractivity contribution in [3.63, 3.8) is 0 Å². The number of carbonyl (C=O) groups is 1. The van der Waals surface area contributed by atoms with E-state index in [9.17, 15) is 10.1 Å². The van der Waals surface area contributed by atoms with Crippen LogP contribution in [0.3, 0.4) is 0 Å². The van der Waals surface area contributed by atoms with Crippen molar-refractivity contribution < 1.29 is 14.3 Å². The molecule has 3 aromatic rings. The second-order valence-electron chi connectivity index (χ2n) is 8.17. The monoisotopic (exact) mass is 458 g/mol. The molecule has 5 nitrogen and oxygen atoms in total. The molecule has 1 N–H and O–H groups in total. The van der Waals surface area contributed by atoms with Crippen molar-refractivity contribution in [3.8, 4) is 17.6 Å². The maximum absolute atomic E-state index is 12.6. The number of nitrogens with zero attached hydrogens (tertiary/aromatic N) is 1. The number of hydrogen-bond acceptors (Lipinski definition) is 5. The van der Waals surface area contributed by atoms with Crippen LogP contribution in [0.1, 0.15) is 40.5 Å². The Morgan fingerprint density at radius 2 is 2.06 bits per heavy atom. The maximum atomic E-state index is 12.6. The van der Waals surface area contributed by atoms with E-state index >= 15 is 0 Å². The Balaban J connectivity index is 1.42. The molecule has 1 aromatic heterocycles. The number of anilines is 1. The van der Waals surface area contributed by atoms with Gasteiger partial charge in [-0.3, -0.25) is 4.79 Å².